The van der Waals surface area contributed by atoms with E-state index in [0.717, 1.165) is 24.4 Å². The maximum Gasteiger partial charge on any atom is 0.258 e. The number of halogens is 1. The summed E-state index contributed by atoms with van der Waals surface area (Å²) < 4.78 is 10.9. The standard InChI is InChI=1S/C24H31ClN2O3/c1-18-15-21(11-12-22(18)25)30-17-24(28)26-16-23(27-13-5-3-4-6-14-27)19-7-9-20(29-2)10-8-19/h7-12,15,23H,3-6,13-14,16-17H2,1-2H3,(H,26,28). The lowest BCUT2D eigenvalue weighted by Crippen LogP contribution is -2.40. The summed E-state index contributed by atoms with van der Waals surface area (Å²) in [7, 11) is 1.67. The number of carbonyl (C=O) groups excluding carboxylic acids is 1. The predicted octanol–water partition coefficient (Wildman–Crippen LogP) is 4.77. The maximum atomic E-state index is 12.5. The van der Waals surface area contributed by atoms with Crippen LogP contribution in [-0.4, -0.2) is 44.2 Å². The van der Waals surface area contributed by atoms with Crippen LogP contribution in [0.1, 0.15) is 42.9 Å². The van der Waals surface area contributed by atoms with Crippen LogP contribution in [0.5, 0.6) is 11.5 Å². The molecule has 1 aliphatic rings. The van der Waals surface area contributed by atoms with E-state index in [9.17, 15) is 4.79 Å². The molecule has 1 unspecified atom stereocenters. The Balaban J connectivity index is 1.61. The van der Waals surface area contributed by atoms with Gasteiger partial charge in [-0.05, 0) is 74.3 Å². The minimum Gasteiger partial charge on any atom is -0.497 e. The Morgan fingerprint density at radius 2 is 1.73 bits per heavy atom. The third kappa shape index (κ3) is 6.38. The minimum atomic E-state index is -0.129. The summed E-state index contributed by atoms with van der Waals surface area (Å²) in [5.74, 6) is 1.35. The van der Waals surface area contributed by atoms with Gasteiger partial charge in [0.1, 0.15) is 11.5 Å². The number of likely N-dealkylation sites (tertiary alicyclic amines) is 1. The van der Waals surface area contributed by atoms with Crippen LogP contribution in [0, 0.1) is 6.92 Å². The molecule has 1 atom stereocenters. The largest absolute Gasteiger partial charge is 0.497 e. The summed E-state index contributed by atoms with van der Waals surface area (Å²) in [6.45, 7) is 4.54. The van der Waals surface area contributed by atoms with E-state index in [2.05, 4.69) is 22.3 Å². The molecule has 1 saturated heterocycles. The van der Waals surface area contributed by atoms with Gasteiger partial charge in [-0.2, -0.15) is 0 Å². The van der Waals surface area contributed by atoms with E-state index < -0.39 is 0 Å². The molecular weight excluding hydrogens is 400 g/mol. The van der Waals surface area contributed by atoms with Crippen molar-refractivity contribution in [3.05, 3.63) is 58.6 Å². The molecule has 1 fully saturated rings. The Morgan fingerprint density at radius 3 is 2.37 bits per heavy atom. The van der Waals surface area contributed by atoms with Gasteiger partial charge >= 0.3 is 0 Å². The number of ether oxygens (including phenoxy) is 2. The highest BCUT2D eigenvalue weighted by atomic mass is 35.5. The van der Waals surface area contributed by atoms with Crippen molar-refractivity contribution >= 4 is 17.5 Å². The Labute approximate surface area is 184 Å². The van der Waals surface area contributed by atoms with E-state index >= 15 is 0 Å². The number of methoxy groups -OCH3 is 1. The van der Waals surface area contributed by atoms with Gasteiger partial charge < -0.3 is 14.8 Å². The van der Waals surface area contributed by atoms with Crippen molar-refractivity contribution in [1.82, 2.24) is 10.2 Å². The lowest BCUT2D eigenvalue weighted by molar-refractivity contribution is -0.123. The summed E-state index contributed by atoms with van der Waals surface area (Å²) in [5.41, 5.74) is 2.11. The fourth-order valence-electron chi connectivity index (χ4n) is 3.81. The van der Waals surface area contributed by atoms with E-state index in [4.69, 9.17) is 21.1 Å². The summed E-state index contributed by atoms with van der Waals surface area (Å²) in [6, 6.07) is 13.7. The van der Waals surface area contributed by atoms with Crippen molar-refractivity contribution in [1.29, 1.82) is 0 Å². The van der Waals surface area contributed by atoms with Crippen molar-refractivity contribution in [3.63, 3.8) is 0 Å². The molecule has 1 N–H and O–H groups in total. The number of nitrogens with one attached hydrogen (secondary N) is 1. The number of carbonyl (C=O) groups is 1. The molecule has 1 aliphatic heterocycles. The van der Waals surface area contributed by atoms with Gasteiger partial charge in [0.2, 0.25) is 0 Å². The SMILES string of the molecule is COc1ccc(C(CNC(=O)COc2ccc(Cl)c(C)c2)N2CCCCCC2)cc1. The van der Waals surface area contributed by atoms with Crippen LogP contribution in [0.2, 0.25) is 5.02 Å². The first kappa shape index (κ1) is 22.4. The van der Waals surface area contributed by atoms with E-state index in [1.54, 1.807) is 19.2 Å². The van der Waals surface area contributed by atoms with Gasteiger partial charge in [-0.3, -0.25) is 9.69 Å². The van der Waals surface area contributed by atoms with Gasteiger partial charge in [0.25, 0.3) is 5.91 Å². The van der Waals surface area contributed by atoms with Crippen LogP contribution in [0.3, 0.4) is 0 Å². The van der Waals surface area contributed by atoms with Gasteiger partial charge in [-0.1, -0.05) is 36.6 Å². The molecule has 162 valence electrons. The second-order valence-electron chi connectivity index (χ2n) is 7.74. The minimum absolute atomic E-state index is 0.0175. The zero-order valence-electron chi connectivity index (χ0n) is 17.8. The third-order valence-corrected chi connectivity index (χ3v) is 6.00. The number of nitrogens with zero attached hydrogens (tertiary/aromatic N) is 1. The molecule has 0 radical (unpaired) electrons. The zero-order valence-corrected chi connectivity index (χ0v) is 18.6. The van der Waals surface area contributed by atoms with Crippen LogP contribution in [0.15, 0.2) is 42.5 Å². The maximum absolute atomic E-state index is 12.5. The summed E-state index contributed by atoms with van der Waals surface area (Å²) in [6.07, 6.45) is 4.93. The highest BCUT2D eigenvalue weighted by molar-refractivity contribution is 6.31. The van der Waals surface area contributed by atoms with Crippen LogP contribution in [0.25, 0.3) is 0 Å². The number of hydrogen-bond donors (Lipinski definition) is 1. The van der Waals surface area contributed by atoms with E-state index in [-0.39, 0.29) is 18.6 Å². The zero-order chi connectivity index (χ0) is 21.3. The van der Waals surface area contributed by atoms with Gasteiger partial charge in [-0.15, -0.1) is 0 Å². The quantitative estimate of drug-likeness (QED) is 0.655. The van der Waals surface area contributed by atoms with Gasteiger partial charge in [0.15, 0.2) is 6.61 Å². The van der Waals surface area contributed by atoms with Gasteiger partial charge in [0, 0.05) is 11.6 Å². The van der Waals surface area contributed by atoms with Crippen LogP contribution >= 0.6 is 11.6 Å². The molecular formula is C24H31ClN2O3. The average molecular weight is 431 g/mol. The predicted molar refractivity (Wildman–Crippen MR) is 120 cm³/mol. The molecule has 6 heteroatoms. The number of rotatable bonds is 8. The lowest BCUT2D eigenvalue weighted by Gasteiger charge is -2.31. The molecule has 1 amide bonds. The van der Waals surface area contributed by atoms with Crippen molar-refractivity contribution in [2.45, 2.75) is 38.6 Å². The highest BCUT2D eigenvalue weighted by Gasteiger charge is 2.22. The number of amides is 1. The summed E-state index contributed by atoms with van der Waals surface area (Å²) in [5, 5.41) is 3.75. The van der Waals surface area contributed by atoms with Crippen molar-refractivity contribution in [2.75, 3.05) is 33.4 Å². The van der Waals surface area contributed by atoms with Crippen molar-refractivity contribution in [2.24, 2.45) is 0 Å². The highest BCUT2D eigenvalue weighted by Crippen LogP contribution is 2.26. The normalized spacial score (nSPS) is 15.8. The monoisotopic (exact) mass is 430 g/mol. The molecule has 0 saturated carbocycles. The number of benzene rings is 2. The molecule has 0 aromatic heterocycles. The first-order valence-corrected chi connectivity index (χ1v) is 11.0. The first-order valence-electron chi connectivity index (χ1n) is 10.6. The smallest absolute Gasteiger partial charge is 0.258 e. The Hall–Kier alpha value is -2.24. The van der Waals surface area contributed by atoms with E-state index in [1.165, 1.54) is 31.2 Å². The van der Waals surface area contributed by atoms with Gasteiger partial charge in [0.05, 0.1) is 13.2 Å². The summed E-state index contributed by atoms with van der Waals surface area (Å²) >= 11 is 6.04. The molecule has 1 heterocycles. The molecule has 0 bridgehead atoms. The van der Waals surface area contributed by atoms with Crippen molar-refractivity contribution < 1.29 is 14.3 Å². The molecule has 3 rings (SSSR count). The fourth-order valence-corrected chi connectivity index (χ4v) is 3.93. The molecule has 5 nitrogen and oxygen atoms in total. The Bertz CT molecular complexity index is 818. The molecule has 2 aromatic rings. The average Bonchev–Trinajstić information content (AvgIpc) is 3.05. The molecule has 30 heavy (non-hydrogen) atoms. The second kappa shape index (κ2) is 11.2. The fraction of sp³-hybridized carbons (Fsp3) is 0.458. The first-order chi connectivity index (χ1) is 14.6. The molecule has 0 aliphatic carbocycles. The van der Waals surface area contributed by atoms with Gasteiger partial charge in [-0.25, -0.2) is 0 Å². The number of hydrogen-bond acceptors (Lipinski definition) is 4. The lowest BCUT2D eigenvalue weighted by atomic mass is 10.0. The van der Waals surface area contributed by atoms with Crippen molar-refractivity contribution in [3.8, 4) is 11.5 Å². The van der Waals surface area contributed by atoms with Crippen LogP contribution in [0.4, 0.5) is 0 Å². The van der Waals surface area contributed by atoms with E-state index in [0.29, 0.717) is 17.3 Å². The number of aryl methyl sites for hydroxylation is 1. The Morgan fingerprint density at radius 1 is 1.07 bits per heavy atom. The third-order valence-electron chi connectivity index (χ3n) is 5.57. The summed E-state index contributed by atoms with van der Waals surface area (Å²) in [4.78, 5) is 14.9. The topological polar surface area (TPSA) is 50.8 Å². The second-order valence-corrected chi connectivity index (χ2v) is 8.15. The molecule has 0 spiro atoms. The van der Waals surface area contributed by atoms with Crippen LogP contribution in [-0.2, 0) is 4.79 Å². The van der Waals surface area contributed by atoms with E-state index in [1.807, 2.05) is 25.1 Å². The Kier molecular flexibility index (Phi) is 8.40. The van der Waals surface area contributed by atoms with Crippen LogP contribution < -0.4 is 14.8 Å². The molecule has 2 aromatic carbocycles.